The predicted octanol–water partition coefficient (Wildman–Crippen LogP) is 1.39. The third-order valence-electron chi connectivity index (χ3n) is 1.93. The van der Waals surface area contributed by atoms with Gasteiger partial charge in [0.15, 0.2) is 5.82 Å². The SMILES string of the molecule is CCCNCc1nc(CCOCC(F)F)no1. The van der Waals surface area contributed by atoms with E-state index in [0.717, 1.165) is 13.0 Å². The monoisotopic (exact) mass is 249 g/mol. The third-order valence-corrected chi connectivity index (χ3v) is 1.93. The Morgan fingerprint density at radius 3 is 3.00 bits per heavy atom. The van der Waals surface area contributed by atoms with Gasteiger partial charge in [-0.15, -0.1) is 0 Å². The van der Waals surface area contributed by atoms with Gasteiger partial charge in [-0.3, -0.25) is 0 Å². The van der Waals surface area contributed by atoms with Crippen molar-refractivity contribution in [2.75, 3.05) is 19.8 Å². The van der Waals surface area contributed by atoms with Crippen molar-refractivity contribution in [3.8, 4) is 0 Å². The topological polar surface area (TPSA) is 60.2 Å². The number of hydrogen-bond acceptors (Lipinski definition) is 5. The Morgan fingerprint density at radius 1 is 1.47 bits per heavy atom. The van der Waals surface area contributed by atoms with Crippen LogP contribution in [-0.2, 0) is 17.7 Å². The van der Waals surface area contributed by atoms with Crippen molar-refractivity contribution in [1.82, 2.24) is 15.5 Å². The van der Waals surface area contributed by atoms with Crippen LogP contribution in [0.3, 0.4) is 0 Å². The van der Waals surface area contributed by atoms with Crippen molar-refractivity contribution in [3.63, 3.8) is 0 Å². The molecule has 0 radical (unpaired) electrons. The molecule has 1 rings (SSSR count). The Kier molecular flexibility index (Phi) is 6.64. The van der Waals surface area contributed by atoms with Gasteiger partial charge >= 0.3 is 0 Å². The van der Waals surface area contributed by atoms with Crippen molar-refractivity contribution >= 4 is 0 Å². The number of rotatable bonds is 9. The number of halogens is 2. The van der Waals surface area contributed by atoms with E-state index in [9.17, 15) is 8.78 Å². The lowest BCUT2D eigenvalue weighted by Crippen LogP contribution is -2.14. The summed E-state index contributed by atoms with van der Waals surface area (Å²) in [5.74, 6) is 0.981. The summed E-state index contributed by atoms with van der Waals surface area (Å²) in [6, 6.07) is 0. The largest absolute Gasteiger partial charge is 0.375 e. The maximum Gasteiger partial charge on any atom is 0.261 e. The summed E-state index contributed by atoms with van der Waals surface area (Å²) >= 11 is 0. The normalized spacial score (nSPS) is 11.3. The van der Waals surface area contributed by atoms with Crippen LogP contribution in [0.15, 0.2) is 4.52 Å². The fraction of sp³-hybridized carbons (Fsp3) is 0.800. The highest BCUT2D eigenvalue weighted by Crippen LogP contribution is 1.99. The van der Waals surface area contributed by atoms with Gasteiger partial charge in [-0.05, 0) is 13.0 Å². The van der Waals surface area contributed by atoms with Crippen LogP contribution in [0.25, 0.3) is 0 Å². The highest BCUT2D eigenvalue weighted by Gasteiger charge is 2.06. The van der Waals surface area contributed by atoms with Gasteiger partial charge in [0.2, 0.25) is 5.89 Å². The molecule has 5 nitrogen and oxygen atoms in total. The molecule has 98 valence electrons. The number of aromatic nitrogens is 2. The van der Waals surface area contributed by atoms with E-state index < -0.39 is 13.0 Å². The third kappa shape index (κ3) is 6.28. The van der Waals surface area contributed by atoms with Crippen LogP contribution in [0.2, 0.25) is 0 Å². The summed E-state index contributed by atoms with van der Waals surface area (Å²) in [6.45, 7) is 3.09. The molecule has 1 heterocycles. The summed E-state index contributed by atoms with van der Waals surface area (Å²) < 4.78 is 33.2. The standard InChI is InChI=1S/C10H17F2N3O2/c1-2-4-13-6-10-14-9(15-17-10)3-5-16-7-8(11)12/h8,13H,2-7H2,1H3. The van der Waals surface area contributed by atoms with E-state index in [1.54, 1.807) is 0 Å². The molecule has 0 bridgehead atoms. The zero-order valence-corrected chi connectivity index (χ0v) is 9.79. The minimum atomic E-state index is -2.44. The van der Waals surface area contributed by atoms with Crippen LogP contribution in [0.4, 0.5) is 8.78 Å². The number of hydrogen-bond donors (Lipinski definition) is 1. The molecule has 0 atom stereocenters. The molecule has 0 aliphatic heterocycles. The number of ether oxygens (including phenoxy) is 1. The molecule has 1 N–H and O–H groups in total. The van der Waals surface area contributed by atoms with Crippen LogP contribution >= 0.6 is 0 Å². The smallest absolute Gasteiger partial charge is 0.261 e. The Balaban J connectivity index is 2.16. The lowest BCUT2D eigenvalue weighted by Gasteiger charge is -1.99. The molecule has 1 aromatic rings. The van der Waals surface area contributed by atoms with Gasteiger partial charge in [-0.2, -0.15) is 4.98 Å². The highest BCUT2D eigenvalue weighted by molar-refractivity contribution is 4.86. The summed E-state index contributed by atoms with van der Waals surface area (Å²) in [7, 11) is 0. The first-order chi connectivity index (χ1) is 8.22. The van der Waals surface area contributed by atoms with Gasteiger partial charge < -0.3 is 14.6 Å². The van der Waals surface area contributed by atoms with Gasteiger partial charge in [0, 0.05) is 6.42 Å². The molecule has 0 amide bonds. The van der Waals surface area contributed by atoms with Gasteiger partial charge in [-0.25, -0.2) is 8.78 Å². The maximum absolute atomic E-state index is 11.8. The molecule has 1 aromatic heterocycles. The fourth-order valence-electron chi connectivity index (χ4n) is 1.17. The summed E-state index contributed by atoms with van der Waals surface area (Å²) in [4.78, 5) is 4.09. The van der Waals surface area contributed by atoms with Gasteiger partial charge in [0.1, 0.15) is 6.61 Å². The van der Waals surface area contributed by atoms with E-state index >= 15 is 0 Å². The first kappa shape index (κ1) is 14.0. The van der Waals surface area contributed by atoms with Crippen LogP contribution < -0.4 is 5.32 Å². The summed E-state index contributed by atoms with van der Waals surface area (Å²) in [6.07, 6.45) is -1.03. The second-order valence-corrected chi connectivity index (χ2v) is 3.50. The molecular weight excluding hydrogens is 232 g/mol. The Morgan fingerprint density at radius 2 is 2.29 bits per heavy atom. The molecule has 0 saturated carbocycles. The first-order valence-corrected chi connectivity index (χ1v) is 5.60. The minimum Gasteiger partial charge on any atom is -0.375 e. The van der Waals surface area contributed by atoms with Gasteiger partial charge in [0.25, 0.3) is 6.43 Å². The van der Waals surface area contributed by atoms with E-state index in [-0.39, 0.29) is 6.61 Å². The summed E-state index contributed by atoms with van der Waals surface area (Å²) in [5.41, 5.74) is 0. The average Bonchev–Trinajstić information content (AvgIpc) is 2.73. The van der Waals surface area contributed by atoms with Gasteiger partial charge in [-0.1, -0.05) is 12.1 Å². The minimum absolute atomic E-state index is 0.172. The Labute approximate surface area is 98.5 Å². The van der Waals surface area contributed by atoms with Crippen molar-refractivity contribution in [1.29, 1.82) is 0 Å². The van der Waals surface area contributed by atoms with Crippen molar-refractivity contribution in [2.45, 2.75) is 32.7 Å². The molecule has 0 fully saturated rings. The molecule has 7 heteroatoms. The van der Waals surface area contributed by atoms with Crippen LogP contribution in [0, 0.1) is 0 Å². The molecule has 17 heavy (non-hydrogen) atoms. The predicted molar refractivity (Wildman–Crippen MR) is 56.8 cm³/mol. The van der Waals surface area contributed by atoms with E-state index in [1.165, 1.54) is 0 Å². The number of nitrogens with one attached hydrogen (secondary N) is 1. The Bertz CT molecular complexity index is 307. The molecular formula is C10H17F2N3O2. The molecule has 0 aromatic carbocycles. The Hall–Kier alpha value is -1.08. The molecule has 0 unspecified atom stereocenters. The van der Waals surface area contributed by atoms with Crippen molar-refractivity contribution in [3.05, 3.63) is 11.7 Å². The van der Waals surface area contributed by atoms with Crippen molar-refractivity contribution < 1.29 is 18.0 Å². The number of nitrogens with zero attached hydrogens (tertiary/aromatic N) is 2. The zero-order chi connectivity index (χ0) is 12.5. The lowest BCUT2D eigenvalue weighted by atomic mass is 10.4. The second kappa shape index (κ2) is 8.08. The molecule has 0 spiro atoms. The van der Waals surface area contributed by atoms with E-state index in [1.807, 2.05) is 0 Å². The quantitative estimate of drug-likeness (QED) is 0.670. The van der Waals surface area contributed by atoms with E-state index in [4.69, 9.17) is 9.26 Å². The summed E-state index contributed by atoms with van der Waals surface area (Å²) in [5, 5.41) is 6.84. The van der Waals surface area contributed by atoms with Gasteiger partial charge in [0.05, 0.1) is 13.2 Å². The van der Waals surface area contributed by atoms with E-state index in [0.29, 0.717) is 24.7 Å². The fourth-order valence-corrected chi connectivity index (χ4v) is 1.17. The van der Waals surface area contributed by atoms with Crippen molar-refractivity contribution in [2.24, 2.45) is 0 Å². The average molecular weight is 249 g/mol. The van der Waals surface area contributed by atoms with Crippen LogP contribution in [-0.4, -0.2) is 36.3 Å². The molecule has 0 saturated heterocycles. The molecule has 0 aliphatic rings. The molecule has 0 aliphatic carbocycles. The highest BCUT2D eigenvalue weighted by atomic mass is 19.3. The van der Waals surface area contributed by atoms with Crippen LogP contribution in [0.1, 0.15) is 25.1 Å². The lowest BCUT2D eigenvalue weighted by molar-refractivity contribution is 0.0182. The second-order valence-electron chi connectivity index (χ2n) is 3.50. The first-order valence-electron chi connectivity index (χ1n) is 5.60. The maximum atomic E-state index is 11.8. The van der Waals surface area contributed by atoms with E-state index in [2.05, 4.69) is 22.4 Å². The zero-order valence-electron chi connectivity index (χ0n) is 9.79. The van der Waals surface area contributed by atoms with Crippen LogP contribution in [0.5, 0.6) is 0 Å². The number of alkyl halides is 2.